The molecule has 80 valence electrons. The number of unbranched alkanes of at least 4 members (excludes halogenated alkanes) is 2. The molecule has 4 heteroatoms. The van der Waals surface area contributed by atoms with E-state index in [-0.39, 0.29) is 6.42 Å². The number of carbonyl (C=O) groups is 2. The van der Waals surface area contributed by atoms with Crippen molar-refractivity contribution >= 4 is 11.9 Å². The van der Waals surface area contributed by atoms with Gasteiger partial charge in [-0.05, 0) is 6.42 Å². The summed E-state index contributed by atoms with van der Waals surface area (Å²) in [4.78, 5) is 20.9. The predicted octanol–water partition coefficient (Wildman–Crippen LogP) is 1.91. The summed E-state index contributed by atoms with van der Waals surface area (Å²) >= 11 is 0. The van der Waals surface area contributed by atoms with Crippen LogP contribution in [0.3, 0.4) is 0 Å². The summed E-state index contributed by atoms with van der Waals surface area (Å²) in [6, 6.07) is 0. The van der Waals surface area contributed by atoms with Gasteiger partial charge in [0.1, 0.15) is 0 Å². The lowest BCUT2D eigenvalue weighted by atomic mass is 10.0. The van der Waals surface area contributed by atoms with Gasteiger partial charge in [0, 0.05) is 0 Å². The van der Waals surface area contributed by atoms with Crippen LogP contribution in [-0.4, -0.2) is 22.2 Å². The molecule has 0 spiro atoms. The smallest absolute Gasteiger partial charge is 0.310 e. The van der Waals surface area contributed by atoms with E-state index in [1.54, 1.807) is 6.08 Å². The van der Waals surface area contributed by atoms with Gasteiger partial charge in [0.15, 0.2) is 0 Å². The SMILES string of the molecule is CCCCC=CC(CC(=O)O)C(=O)O. The Morgan fingerprint density at radius 2 is 2.00 bits per heavy atom. The van der Waals surface area contributed by atoms with E-state index >= 15 is 0 Å². The number of carboxylic acids is 2. The molecular weight excluding hydrogens is 184 g/mol. The van der Waals surface area contributed by atoms with Gasteiger partial charge in [-0.1, -0.05) is 31.9 Å². The minimum Gasteiger partial charge on any atom is -0.481 e. The maximum Gasteiger partial charge on any atom is 0.310 e. The molecule has 0 aliphatic heterocycles. The minimum atomic E-state index is -1.09. The molecule has 0 amide bonds. The Morgan fingerprint density at radius 1 is 1.36 bits per heavy atom. The van der Waals surface area contributed by atoms with Crippen LogP contribution in [0, 0.1) is 5.92 Å². The molecule has 1 unspecified atom stereocenters. The summed E-state index contributed by atoms with van der Waals surface area (Å²) in [5.74, 6) is -3.07. The number of hydrogen-bond acceptors (Lipinski definition) is 2. The summed E-state index contributed by atoms with van der Waals surface area (Å²) in [7, 11) is 0. The van der Waals surface area contributed by atoms with Gasteiger partial charge in [-0.15, -0.1) is 0 Å². The first-order chi connectivity index (χ1) is 6.57. The van der Waals surface area contributed by atoms with Gasteiger partial charge in [0.05, 0.1) is 12.3 Å². The largest absolute Gasteiger partial charge is 0.481 e. The maximum atomic E-state index is 10.6. The first-order valence-corrected chi connectivity index (χ1v) is 4.69. The fourth-order valence-corrected chi connectivity index (χ4v) is 1.01. The molecule has 0 aromatic rings. The van der Waals surface area contributed by atoms with E-state index < -0.39 is 17.9 Å². The molecule has 0 heterocycles. The highest BCUT2D eigenvalue weighted by Gasteiger charge is 2.17. The molecular formula is C10H16O4. The van der Waals surface area contributed by atoms with Crippen LogP contribution in [0.1, 0.15) is 32.6 Å². The van der Waals surface area contributed by atoms with Gasteiger partial charge >= 0.3 is 11.9 Å². The molecule has 0 fully saturated rings. The van der Waals surface area contributed by atoms with Crippen LogP contribution in [0.4, 0.5) is 0 Å². The van der Waals surface area contributed by atoms with Crippen LogP contribution < -0.4 is 0 Å². The lowest BCUT2D eigenvalue weighted by Crippen LogP contribution is -2.15. The molecule has 0 radical (unpaired) electrons. The van der Waals surface area contributed by atoms with Gasteiger partial charge in [0.25, 0.3) is 0 Å². The zero-order valence-corrected chi connectivity index (χ0v) is 8.27. The minimum absolute atomic E-state index is 0.349. The van der Waals surface area contributed by atoms with E-state index in [1.807, 2.05) is 6.92 Å². The zero-order chi connectivity index (χ0) is 11.0. The molecule has 0 aliphatic carbocycles. The van der Waals surface area contributed by atoms with Crippen LogP contribution in [0.5, 0.6) is 0 Å². The second kappa shape index (κ2) is 7.12. The normalized spacial score (nSPS) is 12.9. The summed E-state index contributed by atoms with van der Waals surface area (Å²) < 4.78 is 0. The lowest BCUT2D eigenvalue weighted by molar-refractivity contribution is -0.146. The highest BCUT2D eigenvalue weighted by Crippen LogP contribution is 2.07. The average molecular weight is 200 g/mol. The Morgan fingerprint density at radius 3 is 2.43 bits per heavy atom. The molecule has 14 heavy (non-hydrogen) atoms. The molecule has 0 aromatic carbocycles. The third-order valence-corrected chi connectivity index (χ3v) is 1.80. The third kappa shape index (κ3) is 6.22. The molecule has 0 saturated heterocycles. The van der Waals surface area contributed by atoms with Crippen LogP contribution in [-0.2, 0) is 9.59 Å². The molecule has 0 aromatic heterocycles. The summed E-state index contributed by atoms with van der Waals surface area (Å²) in [5.41, 5.74) is 0. The van der Waals surface area contributed by atoms with Gasteiger partial charge < -0.3 is 10.2 Å². The van der Waals surface area contributed by atoms with E-state index in [0.717, 1.165) is 19.3 Å². The summed E-state index contributed by atoms with van der Waals surface area (Å²) in [6.45, 7) is 2.04. The van der Waals surface area contributed by atoms with Crippen molar-refractivity contribution in [2.45, 2.75) is 32.6 Å². The van der Waals surface area contributed by atoms with E-state index in [9.17, 15) is 9.59 Å². The highest BCUT2D eigenvalue weighted by molar-refractivity contribution is 5.79. The van der Waals surface area contributed by atoms with Gasteiger partial charge in [-0.25, -0.2) is 0 Å². The van der Waals surface area contributed by atoms with Crippen molar-refractivity contribution < 1.29 is 19.8 Å². The molecule has 0 rings (SSSR count). The summed E-state index contributed by atoms with van der Waals surface area (Å²) in [5, 5.41) is 17.1. The standard InChI is InChI=1S/C10H16O4/c1-2-3-4-5-6-8(10(13)14)7-9(11)12/h5-6,8H,2-4,7H2,1H3,(H,11,12)(H,13,14). The molecule has 1 atom stereocenters. The van der Waals surface area contributed by atoms with Crippen LogP contribution in [0.15, 0.2) is 12.2 Å². The van der Waals surface area contributed by atoms with Crippen molar-refractivity contribution in [1.82, 2.24) is 0 Å². The van der Waals surface area contributed by atoms with E-state index in [4.69, 9.17) is 10.2 Å². The number of hydrogen-bond donors (Lipinski definition) is 2. The van der Waals surface area contributed by atoms with Crippen LogP contribution in [0.2, 0.25) is 0 Å². The quantitative estimate of drug-likeness (QED) is 0.486. The third-order valence-electron chi connectivity index (χ3n) is 1.80. The van der Waals surface area contributed by atoms with Crippen molar-refractivity contribution in [3.05, 3.63) is 12.2 Å². The van der Waals surface area contributed by atoms with Gasteiger partial charge in [-0.3, -0.25) is 9.59 Å². The second-order valence-electron chi connectivity index (χ2n) is 3.11. The Balaban J connectivity index is 4.02. The second-order valence-corrected chi connectivity index (χ2v) is 3.11. The van der Waals surface area contributed by atoms with Crippen molar-refractivity contribution in [2.75, 3.05) is 0 Å². The van der Waals surface area contributed by atoms with Crippen molar-refractivity contribution in [1.29, 1.82) is 0 Å². The Kier molecular flexibility index (Phi) is 6.45. The monoisotopic (exact) mass is 200 g/mol. The highest BCUT2D eigenvalue weighted by atomic mass is 16.4. The van der Waals surface area contributed by atoms with E-state index in [1.165, 1.54) is 6.08 Å². The fraction of sp³-hybridized carbons (Fsp3) is 0.600. The maximum absolute atomic E-state index is 10.6. The van der Waals surface area contributed by atoms with E-state index in [0.29, 0.717) is 0 Å². The van der Waals surface area contributed by atoms with Crippen molar-refractivity contribution in [3.8, 4) is 0 Å². The van der Waals surface area contributed by atoms with Crippen molar-refractivity contribution in [3.63, 3.8) is 0 Å². The number of rotatable bonds is 7. The van der Waals surface area contributed by atoms with Gasteiger partial charge in [0.2, 0.25) is 0 Å². The molecule has 0 bridgehead atoms. The number of carboxylic acid groups (broad SMARTS) is 2. The topological polar surface area (TPSA) is 74.6 Å². The van der Waals surface area contributed by atoms with Gasteiger partial charge in [-0.2, -0.15) is 0 Å². The summed E-state index contributed by atoms with van der Waals surface area (Å²) in [6.07, 6.45) is 5.70. The molecule has 4 nitrogen and oxygen atoms in total. The molecule has 0 aliphatic rings. The number of allylic oxidation sites excluding steroid dienone is 1. The van der Waals surface area contributed by atoms with Crippen molar-refractivity contribution in [2.24, 2.45) is 5.92 Å². The Bertz CT molecular complexity index is 220. The molecule has 0 saturated carbocycles. The first-order valence-electron chi connectivity index (χ1n) is 4.69. The predicted molar refractivity (Wildman–Crippen MR) is 52.0 cm³/mol. The fourth-order valence-electron chi connectivity index (χ4n) is 1.01. The van der Waals surface area contributed by atoms with Crippen LogP contribution in [0.25, 0.3) is 0 Å². The average Bonchev–Trinajstić information content (AvgIpc) is 2.09. The Labute approximate surface area is 83.2 Å². The first kappa shape index (κ1) is 12.7. The zero-order valence-electron chi connectivity index (χ0n) is 8.27. The lowest BCUT2D eigenvalue weighted by Gasteiger charge is -2.02. The van der Waals surface area contributed by atoms with E-state index in [2.05, 4.69) is 0 Å². The molecule has 2 N–H and O–H groups in total. The Hall–Kier alpha value is -1.32. The number of aliphatic carboxylic acids is 2. The van der Waals surface area contributed by atoms with Crippen LogP contribution >= 0.6 is 0 Å².